The molecule has 7 nitrogen and oxygen atoms in total. The first kappa shape index (κ1) is 21.6. The van der Waals surface area contributed by atoms with Gasteiger partial charge in [0.2, 0.25) is 5.91 Å². The van der Waals surface area contributed by atoms with Crippen LogP contribution in [0.1, 0.15) is 57.8 Å². The standard InChI is InChI=1S/C23H36N4O3/c1-26(2)14-20(28)30-7-5-16-8-15-4-3-6-23(11-15,12-16)21(25)22(29)27-18(13-24)9-17-10-19(17)27/h15-19,21H,3-12,14,25H2,1-2H3. The summed E-state index contributed by atoms with van der Waals surface area (Å²) in [6.45, 7) is 0.740. The van der Waals surface area contributed by atoms with Gasteiger partial charge in [-0.05, 0) is 82.2 Å². The molecule has 2 N–H and O–H groups in total. The summed E-state index contributed by atoms with van der Waals surface area (Å²) in [6, 6.07) is 1.76. The first-order chi connectivity index (χ1) is 14.3. The second-order valence-electron chi connectivity index (χ2n) is 10.5. The third kappa shape index (κ3) is 4.22. The van der Waals surface area contributed by atoms with Crippen LogP contribution in [0.25, 0.3) is 0 Å². The van der Waals surface area contributed by atoms with Crippen molar-refractivity contribution in [3.8, 4) is 6.07 Å². The fourth-order valence-electron chi connectivity index (χ4n) is 6.62. The Kier molecular flexibility index (Phi) is 6.09. The molecule has 0 spiro atoms. The maximum absolute atomic E-state index is 13.4. The van der Waals surface area contributed by atoms with E-state index in [1.165, 1.54) is 6.42 Å². The highest BCUT2D eigenvalue weighted by molar-refractivity contribution is 5.84. The molecule has 1 heterocycles. The maximum Gasteiger partial charge on any atom is 0.320 e. The number of esters is 1. The van der Waals surface area contributed by atoms with Crippen LogP contribution in [0.5, 0.6) is 0 Å². The molecule has 4 aliphatic rings. The van der Waals surface area contributed by atoms with Crippen molar-refractivity contribution >= 4 is 11.9 Å². The molecule has 3 aliphatic carbocycles. The molecule has 3 saturated carbocycles. The number of likely N-dealkylation sites (N-methyl/N-ethyl adjacent to an activating group) is 1. The lowest BCUT2D eigenvalue weighted by Crippen LogP contribution is -2.58. The van der Waals surface area contributed by atoms with Gasteiger partial charge >= 0.3 is 5.97 Å². The van der Waals surface area contributed by atoms with E-state index in [9.17, 15) is 14.9 Å². The maximum atomic E-state index is 13.4. The molecule has 7 atom stereocenters. The first-order valence-electron chi connectivity index (χ1n) is 11.6. The Labute approximate surface area is 179 Å². The van der Waals surface area contributed by atoms with Crippen LogP contribution in [0.3, 0.4) is 0 Å². The Morgan fingerprint density at radius 3 is 2.83 bits per heavy atom. The van der Waals surface area contributed by atoms with E-state index < -0.39 is 6.04 Å². The number of carbonyl (C=O) groups is 2. The van der Waals surface area contributed by atoms with Gasteiger partial charge in [0.1, 0.15) is 6.04 Å². The molecule has 7 heteroatoms. The highest BCUT2D eigenvalue weighted by atomic mass is 16.5. The lowest BCUT2D eigenvalue weighted by atomic mass is 9.55. The molecule has 0 aromatic heterocycles. The number of rotatable bonds is 7. The summed E-state index contributed by atoms with van der Waals surface area (Å²) in [5, 5.41) is 9.50. The van der Waals surface area contributed by atoms with E-state index in [1.807, 2.05) is 23.9 Å². The zero-order valence-corrected chi connectivity index (χ0v) is 18.4. The molecule has 4 fully saturated rings. The summed E-state index contributed by atoms with van der Waals surface area (Å²) in [4.78, 5) is 28.9. The summed E-state index contributed by atoms with van der Waals surface area (Å²) in [6.07, 6.45) is 9.11. The van der Waals surface area contributed by atoms with Gasteiger partial charge in [0, 0.05) is 6.04 Å². The van der Waals surface area contributed by atoms with Crippen molar-refractivity contribution in [1.29, 1.82) is 5.26 Å². The molecular formula is C23H36N4O3. The number of likely N-dealkylation sites (tertiary alicyclic amines) is 1. The van der Waals surface area contributed by atoms with Gasteiger partial charge < -0.3 is 15.4 Å². The molecule has 1 saturated heterocycles. The summed E-state index contributed by atoms with van der Waals surface area (Å²) < 4.78 is 5.43. The number of fused-ring (bicyclic) bond motifs is 3. The zero-order chi connectivity index (χ0) is 21.5. The van der Waals surface area contributed by atoms with E-state index >= 15 is 0 Å². The molecule has 0 aromatic rings. The quantitative estimate of drug-likeness (QED) is 0.637. The monoisotopic (exact) mass is 416 g/mol. The van der Waals surface area contributed by atoms with E-state index in [4.69, 9.17) is 10.5 Å². The van der Waals surface area contributed by atoms with Gasteiger partial charge in [-0.2, -0.15) is 5.26 Å². The lowest BCUT2D eigenvalue weighted by molar-refractivity contribution is -0.145. The normalized spacial score (nSPS) is 38.0. The number of hydrogen-bond donors (Lipinski definition) is 1. The topological polar surface area (TPSA) is 99.7 Å². The van der Waals surface area contributed by atoms with Crippen LogP contribution in [0.4, 0.5) is 0 Å². The van der Waals surface area contributed by atoms with Crippen LogP contribution in [0, 0.1) is 34.5 Å². The fourth-order valence-corrected chi connectivity index (χ4v) is 6.62. The lowest BCUT2D eigenvalue weighted by Gasteiger charge is -2.51. The number of hydrogen-bond acceptors (Lipinski definition) is 6. The van der Waals surface area contributed by atoms with Crippen molar-refractivity contribution in [1.82, 2.24) is 9.80 Å². The molecule has 4 rings (SSSR count). The minimum absolute atomic E-state index is 0.00487. The minimum atomic E-state index is -0.519. The van der Waals surface area contributed by atoms with E-state index in [0.717, 1.165) is 51.4 Å². The van der Waals surface area contributed by atoms with Crippen molar-refractivity contribution in [3.05, 3.63) is 0 Å². The summed E-state index contributed by atoms with van der Waals surface area (Å²) >= 11 is 0. The molecule has 1 aliphatic heterocycles. The highest BCUT2D eigenvalue weighted by Crippen LogP contribution is 2.55. The van der Waals surface area contributed by atoms with Crippen LogP contribution >= 0.6 is 0 Å². The molecule has 0 aromatic carbocycles. The highest BCUT2D eigenvalue weighted by Gasteiger charge is 2.57. The smallest absolute Gasteiger partial charge is 0.320 e. The van der Waals surface area contributed by atoms with Crippen LogP contribution in [0.2, 0.25) is 0 Å². The molecule has 1 amide bonds. The van der Waals surface area contributed by atoms with Crippen LogP contribution in [0.15, 0.2) is 0 Å². The average molecular weight is 417 g/mol. The fraction of sp³-hybridized carbons (Fsp3) is 0.870. The second-order valence-corrected chi connectivity index (χ2v) is 10.5. The number of carbonyl (C=O) groups excluding carboxylic acids is 2. The van der Waals surface area contributed by atoms with Crippen molar-refractivity contribution in [3.63, 3.8) is 0 Å². The summed E-state index contributed by atoms with van der Waals surface area (Å²) in [7, 11) is 3.71. The number of piperidine rings is 1. The van der Waals surface area contributed by atoms with Crippen molar-refractivity contribution in [2.24, 2.45) is 28.9 Å². The second kappa shape index (κ2) is 8.47. The number of nitriles is 1. The predicted octanol–water partition coefficient (Wildman–Crippen LogP) is 1.91. The molecule has 2 bridgehead atoms. The molecule has 0 radical (unpaired) electrons. The van der Waals surface area contributed by atoms with E-state index in [2.05, 4.69) is 6.07 Å². The largest absolute Gasteiger partial charge is 0.465 e. The number of ether oxygens (including phenoxy) is 1. The SMILES string of the molecule is CN(C)CC(=O)OCCC1CC2CCCC(C(N)C(=O)N3C(C#N)CC4CC43)(C2)C1. The van der Waals surface area contributed by atoms with Crippen LogP contribution < -0.4 is 5.73 Å². The van der Waals surface area contributed by atoms with Crippen LogP contribution in [-0.4, -0.2) is 67.0 Å². The molecule has 30 heavy (non-hydrogen) atoms. The van der Waals surface area contributed by atoms with Gasteiger partial charge in [-0.25, -0.2) is 0 Å². The summed E-state index contributed by atoms with van der Waals surface area (Å²) in [5.41, 5.74) is 6.55. The van der Waals surface area contributed by atoms with Gasteiger partial charge in [-0.3, -0.25) is 14.5 Å². The number of amides is 1. The van der Waals surface area contributed by atoms with E-state index in [-0.39, 0.29) is 29.4 Å². The third-order valence-corrected chi connectivity index (χ3v) is 8.01. The van der Waals surface area contributed by atoms with Gasteiger partial charge in [0.15, 0.2) is 0 Å². The Morgan fingerprint density at radius 1 is 1.30 bits per heavy atom. The van der Waals surface area contributed by atoms with Crippen molar-refractivity contribution in [2.45, 2.75) is 75.9 Å². The number of nitrogens with two attached hydrogens (primary N) is 1. The Hall–Kier alpha value is -1.65. The van der Waals surface area contributed by atoms with Gasteiger partial charge in [-0.15, -0.1) is 0 Å². The molecule has 166 valence electrons. The Morgan fingerprint density at radius 2 is 2.10 bits per heavy atom. The zero-order valence-electron chi connectivity index (χ0n) is 18.4. The third-order valence-electron chi connectivity index (χ3n) is 8.01. The molecule has 7 unspecified atom stereocenters. The van der Waals surface area contributed by atoms with Gasteiger partial charge in [0.05, 0.1) is 25.3 Å². The van der Waals surface area contributed by atoms with Crippen molar-refractivity contribution in [2.75, 3.05) is 27.2 Å². The Balaban J connectivity index is 1.39. The average Bonchev–Trinajstić information content (AvgIpc) is 3.36. The van der Waals surface area contributed by atoms with Crippen LogP contribution in [-0.2, 0) is 14.3 Å². The Bertz CT molecular complexity index is 720. The number of nitrogens with zero attached hydrogens (tertiary/aromatic N) is 3. The first-order valence-corrected chi connectivity index (χ1v) is 11.6. The van der Waals surface area contributed by atoms with E-state index in [1.54, 1.807) is 0 Å². The predicted molar refractivity (Wildman–Crippen MR) is 112 cm³/mol. The molecular weight excluding hydrogens is 380 g/mol. The van der Waals surface area contributed by atoms with Gasteiger partial charge in [0.25, 0.3) is 0 Å². The minimum Gasteiger partial charge on any atom is -0.465 e. The van der Waals surface area contributed by atoms with Crippen molar-refractivity contribution < 1.29 is 14.3 Å². The van der Waals surface area contributed by atoms with Gasteiger partial charge in [-0.1, -0.05) is 12.8 Å². The summed E-state index contributed by atoms with van der Waals surface area (Å²) in [5.74, 6) is 1.37. The van der Waals surface area contributed by atoms with E-state index in [0.29, 0.717) is 30.9 Å².